The lowest BCUT2D eigenvalue weighted by atomic mass is 10.3. The Morgan fingerprint density at radius 3 is 2.79 bits per heavy atom. The molecule has 1 aromatic heterocycles. The molecule has 0 saturated carbocycles. The first-order valence-electron chi connectivity index (χ1n) is 5.91. The van der Waals surface area contributed by atoms with Crippen LogP contribution in [-0.4, -0.2) is 40.1 Å². The molecule has 0 bridgehead atoms. The lowest BCUT2D eigenvalue weighted by Gasteiger charge is -2.19. The summed E-state index contributed by atoms with van der Waals surface area (Å²) in [5.41, 5.74) is 0.864. The van der Waals surface area contributed by atoms with Crippen LogP contribution in [0.2, 0.25) is 0 Å². The molecule has 1 heterocycles. The Balaban J connectivity index is 2.86. The minimum atomic E-state index is -1.12. The first kappa shape index (κ1) is 14.6. The Morgan fingerprint density at radius 2 is 2.26 bits per heavy atom. The van der Waals surface area contributed by atoms with E-state index in [1.54, 1.807) is 13.0 Å². The number of H-pyrrole nitrogens is 1. The van der Waals surface area contributed by atoms with Gasteiger partial charge in [-0.3, -0.25) is 0 Å². The van der Waals surface area contributed by atoms with Gasteiger partial charge in [0.1, 0.15) is 5.69 Å². The first-order chi connectivity index (χ1) is 8.99. The van der Waals surface area contributed by atoms with Crippen molar-refractivity contribution in [3.8, 4) is 12.3 Å². The molecule has 19 heavy (non-hydrogen) atoms. The summed E-state index contributed by atoms with van der Waals surface area (Å²) in [5.74, 6) is 1.28. The molecule has 0 spiro atoms. The van der Waals surface area contributed by atoms with Gasteiger partial charge in [0.2, 0.25) is 0 Å². The summed E-state index contributed by atoms with van der Waals surface area (Å²) in [6.07, 6.45) is 5.97. The van der Waals surface area contributed by atoms with Crippen molar-refractivity contribution in [3.63, 3.8) is 0 Å². The lowest BCUT2D eigenvalue weighted by Crippen LogP contribution is -2.36. The number of terminal acetylenes is 1. The number of carboxylic acids is 1. The number of anilines is 1. The molecule has 0 fully saturated rings. The van der Waals surface area contributed by atoms with E-state index in [9.17, 15) is 9.59 Å². The number of aryl methyl sites for hydroxylation is 1. The van der Waals surface area contributed by atoms with E-state index in [0.717, 1.165) is 6.42 Å². The molecule has 0 atom stereocenters. The Hall–Kier alpha value is -2.42. The van der Waals surface area contributed by atoms with E-state index in [1.807, 2.05) is 6.92 Å². The van der Waals surface area contributed by atoms with Crippen molar-refractivity contribution < 1.29 is 14.7 Å². The van der Waals surface area contributed by atoms with Gasteiger partial charge in [0.05, 0.1) is 12.2 Å². The Kier molecular flexibility index (Phi) is 5.01. The quantitative estimate of drug-likeness (QED) is 0.709. The van der Waals surface area contributed by atoms with Crippen LogP contribution in [0.25, 0.3) is 0 Å². The second-order valence-corrected chi connectivity index (χ2v) is 4.10. The molecule has 1 rings (SSSR count). The number of nitrogens with zero attached hydrogens (tertiary/aromatic N) is 1. The number of urea groups is 1. The second-order valence-electron chi connectivity index (χ2n) is 4.10. The molecule has 2 amide bonds. The summed E-state index contributed by atoms with van der Waals surface area (Å²) in [6, 6.07) is 1.17. The summed E-state index contributed by atoms with van der Waals surface area (Å²) in [7, 11) is 0. The topological polar surface area (TPSA) is 85.4 Å². The molecule has 0 aliphatic heterocycles. The molecule has 0 aliphatic carbocycles. The van der Waals surface area contributed by atoms with Gasteiger partial charge in [0.25, 0.3) is 0 Å². The number of nitrogens with one attached hydrogen (secondary N) is 2. The Morgan fingerprint density at radius 1 is 1.58 bits per heavy atom. The average Bonchev–Trinajstić information content (AvgIpc) is 2.70. The molecule has 3 N–H and O–H groups in total. The lowest BCUT2D eigenvalue weighted by molar-refractivity contribution is 0.0692. The molecule has 6 nitrogen and oxygen atoms in total. The highest BCUT2D eigenvalue weighted by Crippen LogP contribution is 2.17. The van der Waals surface area contributed by atoms with Crippen LogP contribution in [0, 0.1) is 19.3 Å². The second kappa shape index (κ2) is 6.50. The van der Waals surface area contributed by atoms with E-state index < -0.39 is 12.0 Å². The summed E-state index contributed by atoms with van der Waals surface area (Å²) < 4.78 is 0. The average molecular weight is 263 g/mol. The van der Waals surface area contributed by atoms with E-state index in [1.165, 1.54) is 4.90 Å². The van der Waals surface area contributed by atoms with Crippen molar-refractivity contribution in [2.24, 2.45) is 0 Å². The maximum absolute atomic E-state index is 12.0. The first-order valence-corrected chi connectivity index (χ1v) is 5.91. The normalized spacial score (nSPS) is 9.74. The third-order valence-corrected chi connectivity index (χ3v) is 2.47. The summed E-state index contributed by atoms with van der Waals surface area (Å²) >= 11 is 0. The summed E-state index contributed by atoms with van der Waals surface area (Å²) in [4.78, 5) is 27.1. The number of hydrogen-bond acceptors (Lipinski definition) is 2. The highest BCUT2D eigenvalue weighted by atomic mass is 16.4. The van der Waals surface area contributed by atoms with Crippen LogP contribution in [0.3, 0.4) is 0 Å². The molecule has 0 aliphatic rings. The van der Waals surface area contributed by atoms with E-state index in [0.29, 0.717) is 12.2 Å². The number of aromatic carboxylic acids is 1. The molecule has 0 saturated heterocycles. The molecule has 0 unspecified atom stereocenters. The monoisotopic (exact) mass is 263 g/mol. The zero-order valence-electron chi connectivity index (χ0n) is 11.0. The zero-order valence-corrected chi connectivity index (χ0v) is 11.0. The fourth-order valence-electron chi connectivity index (χ4n) is 1.68. The standard InChI is InChI=1S/C13H17N3O3/c1-4-6-16(7-5-2)13(19)15-10-8-9(3)14-11(10)12(17)18/h1,8,14H,5-7H2,2-3H3,(H,15,19)(H,17,18). The van der Waals surface area contributed by atoms with Gasteiger partial charge >= 0.3 is 12.0 Å². The number of aromatic nitrogens is 1. The SMILES string of the molecule is C#CCN(CCC)C(=O)Nc1cc(C)[nH]c1C(=O)O. The molecule has 6 heteroatoms. The number of carboxylic acid groups (broad SMARTS) is 1. The molecular formula is C13H17N3O3. The fourth-order valence-corrected chi connectivity index (χ4v) is 1.68. The van der Waals surface area contributed by atoms with Gasteiger partial charge < -0.3 is 20.3 Å². The van der Waals surface area contributed by atoms with Crippen LogP contribution < -0.4 is 5.32 Å². The van der Waals surface area contributed by atoms with Crippen molar-refractivity contribution >= 4 is 17.7 Å². The van der Waals surface area contributed by atoms with Crippen molar-refractivity contribution in [2.75, 3.05) is 18.4 Å². The molecule has 0 aromatic carbocycles. The number of carbonyl (C=O) groups excluding carboxylic acids is 1. The van der Waals surface area contributed by atoms with Crippen LogP contribution in [0.15, 0.2) is 6.07 Å². The van der Waals surface area contributed by atoms with Crippen LogP contribution >= 0.6 is 0 Å². The molecular weight excluding hydrogens is 246 g/mol. The van der Waals surface area contributed by atoms with Gasteiger partial charge in [0.15, 0.2) is 0 Å². The van der Waals surface area contributed by atoms with Crippen LogP contribution in [-0.2, 0) is 0 Å². The Bertz CT molecular complexity index is 514. The van der Waals surface area contributed by atoms with Crippen molar-refractivity contribution in [3.05, 3.63) is 17.5 Å². The highest BCUT2D eigenvalue weighted by Gasteiger charge is 2.18. The molecule has 1 aromatic rings. The maximum Gasteiger partial charge on any atom is 0.354 e. The summed E-state index contributed by atoms with van der Waals surface area (Å²) in [6.45, 7) is 4.35. The van der Waals surface area contributed by atoms with Crippen molar-refractivity contribution in [1.29, 1.82) is 0 Å². The number of rotatable bonds is 5. The third-order valence-electron chi connectivity index (χ3n) is 2.47. The highest BCUT2D eigenvalue weighted by molar-refractivity contribution is 5.99. The minimum Gasteiger partial charge on any atom is -0.477 e. The predicted molar refractivity (Wildman–Crippen MR) is 72.2 cm³/mol. The fraction of sp³-hybridized carbons (Fsp3) is 0.385. The zero-order chi connectivity index (χ0) is 14.4. The maximum atomic E-state index is 12.0. The Labute approximate surface area is 111 Å². The van der Waals surface area contributed by atoms with Gasteiger partial charge in [-0.25, -0.2) is 9.59 Å². The number of amides is 2. The van der Waals surface area contributed by atoms with Crippen LogP contribution in [0.1, 0.15) is 29.5 Å². The number of hydrogen-bond donors (Lipinski definition) is 3. The van der Waals surface area contributed by atoms with Gasteiger partial charge in [-0.1, -0.05) is 12.8 Å². The number of aromatic amines is 1. The van der Waals surface area contributed by atoms with Gasteiger partial charge in [-0.05, 0) is 19.4 Å². The van der Waals surface area contributed by atoms with E-state index in [-0.39, 0.29) is 17.9 Å². The summed E-state index contributed by atoms with van der Waals surface area (Å²) in [5, 5.41) is 11.6. The van der Waals surface area contributed by atoms with E-state index in [2.05, 4.69) is 16.2 Å². The predicted octanol–water partition coefficient (Wildman–Crippen LogP) is 1.90. The largest absolute Gasteiger partial charge is 0.477 e. The third kappa shape index (κ3) is 3.78. The minimum absolute atomic E-state index is 0.0389. The van der Waals surface area contributed by atoms with E-state index in [4.69, 9.17) is 11.5 Å². The van der Waals surface area contributed by atoms with Gasteiger partial charge in [-0.2, -0.15) is 0 Å². The molecule has 0 radical (unpaired) electrons. The van der Waals surface area contributed by atoms with Crippen LogP contribution in [0.5, 0.6) is 0 Å². The van der Waals surface area contributed by atoms with Crippen molar-refractivity contribution in [2.45, 2.75) is 20.3 Å². The van der Waals surface area contributed by atoms with Crippen molar-refractivity contribution in [1.82, 2.24) is 9.88 Å². The molecule has 102 valence electrons. The van der Waals surface area contributed by atoms with Gasteiger partial charge in [-0.15, -0.1) is 6.42 Å². The number of carbonyl (C=O) groups is 2. The van der Waals surface area contributed by atoms with Gasteiger partial charge in [0, 0.05) is 12.2 Å². The van der Waals surface area contributed by atoms with E-state index >= 15 is 0 Å². The van der Waals surface area contributed by atoms with Crippen LogP contribution in [0.4, 0.5) is 10.5 Å². The smallest absolute Gasteiger partial charge is 0.354 e.